The Kier molecular flexibility index (Phi) is 4.21. The first kappa shape index (κ1) is 15.0. The van der Waals surface area contributed by atoms with E-state index in [0.717, 1.165) is 0 Å². The maximum Gasteiger partial charge on any atom is 0.391 e. The number of nitrogen functional groups attached to an aromatic ring is 1. The molecule has 0 aliphatic carbocycles. The predicted octanol–water partition coefficient (Wildman–Crippen LogP) is 1.10. The van der Waals surface area contributed by atoms with E-state index in [1.807, 2.05) is 0 Å². The molecule has 11 heteroatoms. The normalized spacial score (nSPS) is 13.0. The summed E-state index contributed by atoms with van der Waals surface area (Å²) in [5, 5.41) is 2.56. The second kappa shape index (κ2) is 5.91. The molecule has 0 amide bonds. The number of nitrogens with zero attached hydrogens (tertiary/aromatic N) is 5. The quantitative estimate of drug-likeness (QED) is 0.560. The zero-order valence-electron chi connectivity index (χ0n) is 11.0. The molecule has 0 aliphatic heterocycles. The summed E-state index contributed by atoms with van der Waals surface area (Å²) in [6.07, 6.45) is -0.748. The molecule has 114 valence electrons. The van der Waals surface area contributed by atoms with E-state index in [4.69, 9.17) is 5.84 Å². The van der Waals surface area contributed by atoms with Gasteiger partial charge in [-0.15, -0.1) is 0 Å². The van der Waals surface area contributed by atoms with E-state index in [0.29, 0.717) is 0 Å². The van der Waals surface area contributed by atoms with Gasteiger partial charge in [-0.3, -0.25) is 9.99 Å². The van der Waals surface area contributed by atoms with Crippen molar-refractivity contribution in [2.45, 2.75) is 25.6 Å². The third kappa shape index (κ3) is 4.27. The van der Waals surface area contributed by atoms with Crippen molar-refractivity contribution in [3.05, 3.63) is 18.7 Å². The van der Waals surface area contributed by atoms with Crippen LogP contribution in [0.1, 0.15) is 13.3 Å². The maximum atomic E-state index is 12.3. The summed E-state index contributed by atoms with van der Waals surface area (Å²) in [7, 11) is 0. The van der Waals surface area contributed by atoms with E-state index < -0.39 is 18.6 Å². The number of anilines is 2. The van der Waals surface area contributed by atoms with Gasteiger partial charge in [0, 0.05) is 18.4 Å². The van der Waals surface area contributed by atoms with Crippen molar-refractivity contribution >= 4 is 11.9 Å². The van der Waals surface area contributed by atoms with Crippen molar-refractivity contribution in [2.75, 3.05) is 10.7 Å². The molecule has 8 nitrogen and oxygen atoms in total. The lowest BCUT2D eigenvalue weighted by Gasteiger charge is -2.16. The fourth-order valence-corrected chi connectivity index (χ4v) is 1.61. The Labute approximate surface area is 117 Å². The van der Waals surface area contributed by atoms with Crippen LogP contribution in [0, 0.1) is 0 Å². The zero-order chi connectivity index (χ0) is 15.5. The average molecular weight is 302 g/mol. The fourth-order valence-electron chi connectivity index (χ4n) is 1.61. The number of hydrogen-bond acceptors (Lipinski definition) is 7. The second-order valence-electron chi connectivity index (χ2n) is 4.26. The van der Waals surface area contributed by atoms with Gasteiger partial charge in [-0.2, -0.15) is 28.1 Å². The number of hydrazine groups is 1. The highest BCUT2D eigenvalue weighted by molar-refractivity contribution is 5.37. The van der Waals surface area contributed by atoms with Crippen molar-refractivity contribution in [1.82, 2.24) is 24.5 Å². The third-order valence-electron chi connectivity index (χ3n) is 2.40. The average Bonchev–Trinajstić information content (AvgIpc) is 2.89. The highest BCUT2D eigenvalue weighted by Crippen LogP contribution is 2.22. The second-order valence-corrected chi connectivity index (χ2v) is 4.26. The molecular weight excluding hydrogens is 289 g/mol. The van der Waals surface area contributed by atoms with Crippen molar-refractivity contribution in [2.24, 2.45) is 5.84 Å². The van der Waals surface area contributed by atoms with E-state index >= 15 is 0 Å². The Bertz CT molecular complexity index is 582. The lowest BCUT2D eigenvalue weighted by Crippen LogP contribution is -2.25. The molecule has 0 saturated heterocycles. The van der Waals surface area contributed by atoms with Crippen LogP contribution in [0.15, 0.2) is 18.7 Å². The predicted molar refractivity (Wildman–Crippen MR) is 68.5 cm³/mol. The molecule has 0 aliphatic rings. The Balaban J connectivity index is 2.21. The van der Waals surface area contributed by atoms with E-state index in [9.17, 15) is 13.2 Å². The molecule has 0 aromatic carbocycles. The molecular formula is C10H13F3N8. The minimum atomic E-state index is -4.28. The van der Waals surface area contributed by atoms with Gasteiger partial charge >= 0.3 is 6.18 Å². The Morgan fingerprint density at radius 1 is 1.29 bits per heavy atom. The van der Waals surface area contributed by atoms with E-state index in [2.05, 4.69) is 30.7 Å². The molecule has 2 aromatic heterocycles. The van der Waals surface area contributed by atoms with Crippen LogP contribution in [-0.2, 0) is 0 Å². The number of halogens is 3. The number of rotatable bonds is 5. The Morgan fingerprint density at radius 3 is 2.57 bits per heavy atom. The van der Waals surface area contributed by atoms with Crippen LogP contribution in [0.5, 0.6) is 0 Å². The molecule has 1 atom stereocenters. The SMILES string of the molecule is CC(CC(F)(F)F)Nc1nc(NN)nc(-n2ccnc2)n1. The van der Waals surface area contributed by atoms with Crippen LogP contribution < -0.4 is 16.6 Å². The molecule has 0 fully saturated rings. The number of aromatic nitrogens is 5. The van der Waals surface area contributed by atoms with Gasteiger partial charge in [-0.25, -0.2) is 10.8 Å². The molecule has 4 N–H and O–H groups in total. The van der Waals surface area contributed by atoms with Gasteiger partial charge in [-0.05, 0) is 6.92 Å². The third-order valence-corrected chi connectivity index (χ3v) is 2.40. The van der Waals surface area contributed by atoms with Crippen molar-refractivity contribution in [1.29, 1.82) is 0 Å². The monoisotopic (exact) mass is 302 g/mol. The van der Waals surface area contributed by atoms with Crippen LogP contribution in [0.25, 0.3) is 5.95 Å². The van der Waals surface area contributed by atoms with Gasteiger partial charge in [0.05, 0.1) is 6.42 Å². The van der Waals surface area contributed by atoms with Gasteiger partial charge < -0.3 is 5.32 Å². The highest BCUT2D eigenvalue weighted by atomic mass is 19.4. The van der Waals surface area contributed by atoms with E-state index in [1.165, 1.54) is 24.0 Å². The summed E-state index contributed by atoms with van der Waals surface area (Å²) in [6.45, 7) is 1.38. The summed E-state index contributed by atoms with van der Waals surface area (Å²) < 4.78 is 38.4. The molecule has 0 saturated carbocycles. The first-order valence-corrected chi connectivity index (χ1v) is 5.91. The van der Waals surface area contributed by atoms with Crippen LogP contribution in [0.4, 0.5) is 25.1 Å². The summed E-state index contributed by atoms with van der Waals surface area (Å²) in [5.74, 6) is 5.42. The van der Waals surface area contributed by atoms with Crippen LogP contribution in [0.3, 0.4) is 0 Å². The first-order valence-electron chi connectivity index (χ1n) is 5.91. The summed E-state index contributed by atoms with van der Waals surface area (Å²) in [5.41, 5.74) is 2.23. The summed E-state index contributed by atoms with van der Waals surface area (Å²) >= 11 is 0. The van der Waals surface area contributed by atoms with E-state index in [-0.39, 0.29) is 17.8 Å². The highest BCUT2D eigenvalue weighted by Gasteiger charge is 2.30. The standard InChI is InChI=1S/C10H13F3N8/c1-6(4-10(11,12)13)16-7-17-8(20-14)19-9(18-7)21-3-2-15-5-21/h2-3,5-6H,4,14H2,1H3,(H2,16,17,18,19,20). The van der Waals surface area contributed by atoms with Crippen LogP contribution >= 0.6 is 0 Å². The first-order chi connectivity index (χ1) is 9.87. The zero-order valence-corrected chi connectivity index (χ0v) is 11.0. The molecule has 2 rings (SSSR count). The van der Waals surface area contributed by atoms with Crippen LogP contribution in [0.2, 0.25) is 0 Å². The van der Waals surface area contributed by atoms with Gasteiger partial charge in [0.25, 0.3) is 0 Å². The Morgan fingerprint density at radius 2 is 2.00 bits per heavy atom. The largest absolute Gasteiger partial charge is 0.391 e. The molecule has 1 unspecified atom stereocenters. The van der Waals surface area contributed by atoms with Crippen LogP contribution in [-0.4, -0.2) is 36.7 Å². The molecule has 0 radical (unpaired) electrons. The van der Waals surface area contributed by atoms with Crippen molar-refractivity contribution in [3.63, 3.8) is 0 Å². The minimum absolute atomic E-state index is 0.0154. The summed E-state index contributed by atoms with van der Waals surface area (Å²) in [4.78, 5) is 15.7. The molecule has 2 aromatic rings. The number of alkyl halides is 3. The minimum Gasteiger partial charge on any atom is -0.351 e. The van der Waals surface area contributed by atoms with Crippen molar-refractivity contribution < 1.29 is 13.2 Å². The smallest absolute Gasteiger partial charge is 0.351 e. The maximum absolute atomic E-state index is 12.3. The topological polar surface area (TPSA) is 107 Å². The van der Waals surface area contributed by atoms with E-state index in [1.54, 1.807) is 6.20 Å². The Hall–Kier alpha value is -2.43. The fraction of sp³-hybridized carbons (Fsp3) is 0.400. The van der Waals surface area contributed by atoms with Gasteiger partial charge in [0.2, 0.25) is 17.8 Å². The number of nitrogens with two attached hydrogens (primary N) is 1. The lowest BCUT2D eigenvalue weighted by molar-refractivity contribution is -0.136. The lowest BCUT2D eigenvalue weighted by atomic mass is 10.2. The number of imidazole rings is 1. The number of nitrogens with one attached hydrogen (secondary N) is 2. The van der Waals surface area contributed by atoms with Crippen molar-refractivity contribution in [3.8, 4) is 5.95 Å². The molecule has 0 bridgehead atoms. The number of hydrogen-bond donors (Lipinski definition) is 3. The molecule has 2 heterocycles. The van der Waals surface area contributed by atoms with Gasteiger partial charge in [-0.1, -0.05) is 0 Å². The molecule has 21 heavy (non-hydrogen) atoms. The van der Waals surface area contributed by atoms with Gasteiger partial charge in [0.1, 0.15) is 6.33 Å². The van der Waals surface area contributed by atoms with Gasteiger partial charge in [0.15, 0.2) is 0 Å². The molecule has 0 spiro atoms. The summed E-state index contributed by atoms with van der Waals surface area (Å²) in [6, 6.07) is -0.895.